The van der Waals surface area contributed by atoms with Gasteiger partial charge in [0.05, 0.1) is 32.1 Å². The second-order valence-electron chi connectivity index (χ2n) is 8.39. The number of methoxy groups -OCH3 is 2. The SMILES string of the molecule is COc1cc2ncnc(N3CCN(c4ncc(OCc5cccc(C)c5)cn4)CC3)c2cc1OC. The van der Waals surface area contributed by atoms with Crippen molar-refractivity contribution < 1.29 is 14.2 Å². The Morgan fingerprint density at radius 3 is 2.26 bits per heavy atom. The summed E-state index contributed by atoms with van der Waals surface area (Å²) in [6, 6.07) is 12.1. The smallest absolute Gasteiger partial charge is 0.225 e. The zero-order valence-electron chi connectivity index (χ0n) is 20.1. The Bertz CT molecular complexity index is 1310. The van der Waals surface area contributed by atoms with Crippen LogP contribution in [0.3, 0.4) is 0 Å². The second-order valence-corrected chi connectivity index (χ2v) is 8.39. The average molecular weight is 473 g/mol. The largest absolute Gasteiger partial charge is 0.493 e. The van der Waals surface area contributed by atoms with Crippen LogP contribution in [-0.4, -0.2) is 60.3 Å². The van der Waals surface area contributed by atoms with Gasteiger partial charge in [0.25, 0.3) is 0 Å². The molecule has 1 aliphatic heterocycles. The van der Waals surface area contributed by atoms with E-state index in [9.17, 15) is 0 Å². The molecule has 1 saturated heterocycles. The quantitative estimate of drug-likeness (QED) is 0.400. The molecule has 0 N–H and O–H groups in total. The Kier molecular flexibility index (Phi) is 6.47. The minimum Gasteiger partial charge on any atom is -0.493 e. The fourth-order valence-corrected chi connectivity index (χ4v) is 4.26. The van der Waals surface area contributed by atoms with Crippen LogP contribution in [0, 0.1) is 6.92 Å². The highest BCUT2D eigenvalue weighted by molar-refractivity contribution is 5.92. The molecule has 180 valence electrons. The Hall–Kier alpha value is -4.14. The molecule has 35 heavy (non-hydrogen) atoms. The number of hydrogen-bond acceptors (Lipinski definition) is 9. The maximum Gasteiger partial charge on any atom is 0.225 e. The number of piperazine rings is 1. The van der Waals surface area contributed by atoms with Crippen LogP contribution in [0.2, 0.25) is 0 Å². The van der Waals surface area contributed by atoms with Gasteiger partial charge in [-0.3, -0.25) is 0 Å². The number of rotatable bonds is 7. The molecular formula is C26H28N6O3. The van der Waals surface area contributed by atoms with Crippen LogP contribution in [0.4, 0.5) is 11.8 Å². The van der Waals surface area contributed by atoms with E-state index in [0.717, 1.165) is 48.5 Å². The summed E-state index contributed by atoms with van der Waals surface area (Å²) in [6.07, 6.45) is 5.07. The van der Waals surface area contributed by atoms with Crippen LogP contribution >= 0.6 is 0 Å². The van der Waals surface area contributed by atoms with Crippen LogP contribution in [0.1, 0.15) is 11.1 Å². The number of hydrogen-bond donors (Lipinski definition) is 0. The number of nitrogens with zero attached hydrogens (tertiary/aromatic N) is 6. The normalized spacial score (nSPS) is 13.7. The highest BCUT2D eigenvalue weighted by Gasteiger charge is 2.22. The fourth-order valence-electron chi connectivity index (χ4n) is 4.26. The van der Waals surface area contributed by atoms with E-state index in [0.29, 0.717) is 29.8 Å². The molecule has 0 amide bonds. The third-order valence-electron chi connectivity index (χ3n) is 6.08. The van der Waals surface area contributed by atoms with Gasteiger partial charge < -0.3 is 24.0 Å². The van der Waals surface area contributed by atoms with Crippen molar-refractivity contribution in [2.24, 2.45) is 0 Å². The Morgan fingerprint density at radius 2 is 1.54 bits per heavy atom. The number of aryl methyl sites for hydroxylation is 1. The summed E-state index contributed by atoms with van der Waals surface area (Å²) in [6.45, 7) is 5.70. The summed E-state index contributed by atoms with van der Waals surface area (Å²) in [4.78, 5) is 22.5. The minimum absolute atomic E-state index is 0.493. The van der Waals surface area contributed by atoms with E-state index >= 15 is 0 Å². The predicted molar refractivity (Wildman–Crippen MR) is 135 cm³/mol. The number of anilines is 2. The van der Waals surface area contributed by atoms with Crippen molar-refractivity contribution in [3.63, 3.8) is 0 Å². The third-order valence-corrected chi connectivity index (χ3v) is 6.08. The van der Waals surface area contributed by atoms with Crippen molar-refractivity contribution in [2.45, 2.75) is 13.5 Å². The molecule has 0 saturated carbocycles. The molecule has 9 heteroatoms. The molecule has 0 atom stereocenters. The summed E-state index contributed by atoms with van der Waals surface area (Å²) in [5.41, 5.74) is 3.16. The van der Waals surface area contributed by atoms with Crippen LogP contribution in [0.5, 0.6) is 17.2 Å². The summed E-state index contributed by atoms with van der Waals surface area (Å²) in [5.74, 6) is 3.55. The summed E-state index contributed by atoms with van der Waals surface area (Å²) >= 11 is 0. The van der Waals surface area contributed by atoms with E-state index in [1.807, 2.05) is 18.2 Å². The Morgan fingerprint density at radius 1 is 0.829 bits per heavy atom. The molecule has 5 rings (SSSR count). The van der Waals surface area contributed by atoms with Gasteiger partial charge in [0.1, 0.15) is 18.8 Å². The third kappa shape index (κ3) is 4.89. The number of benzene rings is 2. The zero-order chi connectivity index (χ0) is 24.2. The van der Waals surface area contributed by atoms with E-state index in [1.165, 1.54) is 5.56 Å². The molecule has 0 spiro atoms. The molecule has 0 bridgehead atoms. The van der Waals surface area contributed by atoms with Gasteiger partial charge in [-0.2, -0.15) is 0 Å². The fraction of sp³-hybridized carbons (Fsp3) is 0.308. The molecule has 1 aliphatic rings. The van der Waals surface area contributed by atoms with Gasteiger partial charge in [-0.1, -0.05) is 29.8 Å². The van der Waals surface area contributed by atoms with Gasteiger partial charge in [0, 0.05) is 37.6 Å². The van der Waals surface area contributed by atoms with Gasteiger partial charge in [-0.25, -0.2) is 19.9 Å². The maximum atomic E-state index is 5.86. The summed E-state index contributed by atoms with van der Waals surface area (Å²) in [5, 5.41) is 0.935. The lowest BCUT2D eigenvalue weighted by molar-refractivity contribution is 0.303. The molecule has 9 nitrogen and oxygen atoms in total. The number of aromatic nitrogens is 4. The lowest BCUT2D eigenvalue weighted by Gasteiger charge is -2.35. The first-order valence-electron chi connectivity index (χ1n) is 11.5. The lowest BCUT2D eigenvalue weighted by Crippen LogP contribution is -2.47. The van der Waals surface area contributed by atoms with Gasteiger partial charge >= 0.3 is 0 Å². The summed E-state index contributed by atoms with van der Waals surface area (Å²) in [7, 11) is 3.25. The first kappa shape index (κ1) is 22.6. The van der Waals surface area contributed by atoms with Crippen molar-refractivity contribution >= 4 is 22.7 Å². The van der Waals surface area contributed by atoms with Crippen LogP contribution < -0.4 is 24.0 Å². The second kappa shape index (κ2) is 10.0. The van der Waals surface area contributed by atoms with Gasteiger partial charge in [0.15, 0.2) is 17.2 Å². The van der Waals surface area contributed by atoms with Crippen molar-refractivity contribution in [3.05, 3.63) is 66.2 Å². The van der Waals surface area contributed by atoms with Crippen molar-refractivity contribution in [1.82, 2.24) is 19.9 Å². The molecule has 4 aromatic rings. The highest BCUT2D eigenvalue weighted by Crippen LogP contribution is 2.35. The Balaban J connectivity index is 1.24. The van der Waals surface area contributed by atoms with Gasteiger partial charge in [-0.05, 0) is 18.6 Å². The van der Waals surface area contributed by atoms with Gasteiger partial charge in [0.2, 0.25) is 5.95 Å². The molecule has 1 fully saturated rings. The topological polar surface area (TPSA) is 85.7 Å². The molecule has 2 aromatic heterocycles. The van der Waals surface area contributed by atoms with E-state index in [-0.39, 0.29) is 0 Å². The monoisotopic (exact) mass is 472 g/mol. The van der Waals surface area contributed by atoms with Gasteiger partial charge in [-0.15, -0.1) is 0 Å². The van der Waals surface area contributed by atoms with E-state index in [1.54, 1.807) is 32.9 Å². The molecular weight excluding hydrogens is 444 g/mol. The zero-order valence-corrected chi connectivity index (χ0v) is 20.1. The Labute approximate surface area is 204 Å². The highest BCUT2D eigenvalue weighted by atomic mass is 16.5. The molecule has 2 aromatic carbocycles. The number of fused-ring (bicyclic) bond motifs is 1. The van der Waals surface area contributed by atoms with E-state index < -0.39 is 0 Å². The van der Waals surface area contributed by atoms with Crippen LogP contribution in [-0.2, 0) is 6.61 Å². The average Bonchev–Trinajstić information content (AvgIpc) is 2.91. The number of ether oxygens (including phenoxy) is 3. The molecule has 0 radical (unpaired) electrons. The summed E-state index contributed by atoms with van der Waals surface area (Å²) < 4.78 is 16.8. The molecule has 0 aliphatic carbocycles. The first-order chi connectivity index (χ1) is 17.1. The van der Waals surface area contributed by atoms with Crippen molar-refractivity contribution in [1.29, 1.82) is 0 Å². The van der Waals surface area contributed by atoms with E-state index in [4.69, 9.17) is 14.2 Å². The van der Waals surface area contributed by atoms with Crippen molar-refractivity contribution in [3.8, 4) is 17.2 Å². The van der Waals surface area contributed by atoms with Crippen LogP contribution in [0.25, 0.3) is 10.9 Å². The lowest BCUT2D eigenvalue weighted by atomic mass is 10.1. The minimum atomic E-state index is 0.493. The maximum absolute atomic E-state index is 5.86. The molecule has 0 unspecified atom stereocenters. The van der Waals surface area contributed by atoms with Crippen molar-refractivity contribution in [2.75, 3.05) is 50.2 Å². The van der Waals surface area contributed by atoms with Crippen LogP contribution in [0.15, 0.2) is 55.1 Å². The molecule has 3 heterocycles. The van der Waals surface area contributed by atoms with E-state index in [2.05, 4.69) is 54.9 Å². The predicted octanol–water partition coefficient (Wildman–Crippen LogP) is 3.65. The first-order valence-corrected chi connectivity index (χ1v) is 11.5. The standard InChI is InChI=1S/C26H28N6O3/c1-18-5-4-6-19(11-18)16-35-20-14-27-26(28-15-20)32-9-7-31(8-10-32)25-21-12-23(33-2)24(34-3)13-22(21)29-17-30-25/h4-6,11-15,17H,7-10,16H2,1-3H3.